The van der Waals surface area contributed by atoms with Crippen molar-refractivity contribution in [1.82, 2.24) is 10.3 Å². The normalized spacial score (nSPS) is 20.2. The van der Waals surface area contributed by atoms with Gasteiger partial charge < -0.3 is 25.3 Å². The molecule has 3 rings (SSSR count). The molecule has 0 unspecified atom stereocenters. The number of hydrogen-bond donors (Lipinski definition) is 2. The number of fused-ring (bicyclic) bond motifs is 1. The van der Waals surface area contributed by atoms with E-state index in [1.165, 1.54) is 7.11 Å². The highest BCUT2D eigenvalue weighted by Crippen LogP contribution is 2.31. The molecule has 0 bridgehead atoms. The third-order valence-corrected chi connectivity index (χ3v) is 3.94. The van der Waals surface area contributed by atoms with Gasteiger partial charge in [-0.15, -0.1) is 0 Å². The number of primary amides is 1. The summed E-state index contributed by atoms with van der Waals surface area (Å²) in [5.74, 6) is -0.0464. The van der Waals surface area contributed by atoms with Crippen molar-refractivity contribution in [2.24, 2.45) is 5.73 Å². The number of morpholine rings is 1. The summed E-state index contributed by atoms with van der Waals surface area (Å²) in [5.41, 5.74) is 5.03. The largest absolute Gasteiger partial charge is 0.496 e. The standard InChI is InChI=1S/C17H19N3O5/c1-17(8-24-7-14(21)20-17)9-25-16-11-6-13(23-2)12(15(18)22)5-10(11)3-4-19-16/h3-6H,7-9H2,1-2H3,(H2,18,22)(H,20,21)/t17-/m1/s1. The van der Waals surface area contributed by atoms with Crippen LogP contribution in [-0.4, -0.2) is 49.3 Å². The zero-order valence-corrected chi connectivity index (χ0v) is 14.0. The summed E-state index contributed by atoms with van der Waals surface area (Å²) >= 11 is 0. The maximum absolute atomic E-state index is 11.6. The Morgan fingerprint density at radius 3 is 2.96 bits per heavy atom. The Balaban J connectivity index is 1.91. The third-order valence-electron chi connectivity index (χ3n) is 3.94. The van der Waals surface area contributed by atoms with Crippen LogP contribution in [0.1, 0.15) is 17.3 Å². The molecule has 1 aliphatic rings. The van der Waals surface area contributed by atoms with Gasteiger partial charge in [0.15, 0.2) is 0 Å². The number of methoxy groups -OCH3 is 1. The number of ether oxygens (including phenoxy) is 3. The van der Waals surface area contributed by atoms with E-state index in [1.807, 2.05) is 6.92 Å². The number of aromatic nitrogens is 1. The lowest BCUT2D eigenvalue weighted by atomic mass is 10.0. The van der Waals surface area contributed by atoms with Crippen molar-refractivity contribution in [3.63, 3.8) is 0 Å². The van der Waals surface area contributed by atoms with Crippen LogP contribution in [0.15, 0.2) is 24.4 Å². The number of nitrogens with two attached hydrogens (primary N) is 1. The van der Waals surface area contributed by atoms with E-state index in [4.69, 9.17) is 19.9 Å². The number of nitrogens with zero attached hydrogens (tertiary/aromatic N) is 1. The molecular formula is C17H19N3O5. The molecule has 1 fully saturated rings. The first-order chi connectivity index (χ1) is 11.9. The van der Waals surface area contributed by atoms with Gasteiger partial charge in [0.2, 0.25) is 11.8 Å². The summed E-state index contributed by atoms with van der Waals surface area (Å²) in [6, 6.07) is 5.05. The molecule has 1 aromatic heterocycles. The average molecular weight is 345 g/mol. The minimum atomic E-state index is -0.642. The Hall–Kier alpha value is -2.87. The SMILES string of the molecule is COc1cc2c(OC[C@@]3(C)COCC(=O)N3)nccc2cc1C(N)=O. The molecule has 8 heteroatoms. The van der Waals surface area contributed by atoms with Gasteiger partial charge in [-0.25, -0.2) is 4.98 Å². The van der Waals surface area contributed by atoms with Crippen molar-refractivity contribution in [2.45, 2.75) is 12.5 Å². The van der Waals surface area contributed by atoms with E-state index in [0.717, 1.165) is 5.39 Å². The Morgan fingerprint density at radius 1 is 1.48 bits per heavy atom. The molecule has 25 heavy (non-hydrogen) atoms. The first kappa shape index (κ1) is 17.0. The molecule has 1 saturated heterocycles. The minimum Gasteiger partial charge on any atom is -0.496 e. The van der Waals surface area contributed by atoms with E-state index < -0.39 is 11.4 Å². The third kappa shape index (κ3) is 3.48. The highest BCUT2D eigenvalue weighted by atomic mass is 16.5. The van der Waals surface area contributed by atoms with Crippen LogP contribution in [-0.2, 0) is 9.53 Å². The number of rotatable bonds is 5. The van der Waals surface area contributed by atoms with E-state index in [0.29, 0.717) is 23.6 Å². The van der Waals surface area contributed by atoms with E-state index in [9.17, 15) is 9.59 Å². The second kappa shape index (κ2) is 6.56. The van der Waals surface area contributed by atoms with Gasteiger partial charge in [0, 0.05) is 11.6 Å². The zero-order chi connectivity index (χ0) is 18.0. The summed E-state index contributed by atoms with van der Waals surface area (Å²) in [5, 5.41) is 4.28. The monoisotopic (exact) mass is 345 g/mol. The van der Waals surface area contributed by atoms with Gasteiger partial charge in [0.25, 0.3) is 5.91 Å². The topological polar surface area (TPSA) is 113 Å². The van der Waals surface area contributed by atoms with Crippen LogP contribution in [0, 0.1) is 0 Å². The fraction of sp³-hybridized carbons (Fsp3) is 0.353. The number of nitrogens with one attached hydrogen (secondary N) is 1. The lowest BCUT2D eigenvalue weighted by molar-refractivity contribution is -0.135. The van der Waals surface area contributed by atoms with Gasteiger partial charge in [-0.2, -0.15) is 0 Å². The number of amides is 2. The summed E-state index contributed by atoms with van der Waals surface area (Å²) < 4.78 is 16.3. The van der Waals surface area contributed by atoms with Gasteiger partial charge in [0.1, 0.15) is 19.0 Å². The molecule has 1 atom stereocenters. The van der Waals surface area contributed by atoms with Crippen molar-refractivity contribution in [3.8, 4) is 11.6 Å². The molecule has 2 heterocycles. The van der Waals surface area contributed by atoms with Crippen molar-refractivity contribution < 1.29 is 23.8 Å². The second-order valence-corrected chi connectivity index (χ2v) is 6.14. The van der Waals surface area contributed by atoms with E-state index >= 15 is 0 Å². The molecule has 8 nitrogen and oxygen atoms in total. The fourth-order valence-corrected chi connectivity index (χ4v) is 2.73. The van der Waals surface area contributed by atoms with Crippen LogP contribution in [0.4, 0.5) is 0 Å². The molecule has 1 aromatic carbocycles. The summed E-state index contributed by atoms with van der Waals surface area (Å²) in [7, 11) is 1.46. The second-order valence-electron chi connectivity index (χ2n) is 6.14. The van der Waals surface area contributed by atoms with Crippen LogP contribution >= 0.6 is 0 Å². The summed E-state index contributed by atoms with van der Waals surface area (Å²) in [6.45, 7) is 2.42. The molecule has 0 spiro atoms. The van der Waals surface area contributed by atoms with E-state index in [1.54, 1.807) is 24.4 Å². The van der Waals surface area contributed by atoms with Gasteiger partial charge >= 0.3 is 0 Å². The van der Waals surface area contributed by atoms with Crippen molar-refractivity contribution in [1.29, 1.82) is 0 Å². The van der Waals surface area contributed by atoms with Crippen LogP contribution in [0.2, 0.25) is 0 Å². The van der Waals surface area contributed by atoms with Gasteiger partial charge in [-0.3, -0.25) is 9.59 Å². The Bertz CT molecular complexity index is 838. The molecule has 0 saturated carbocycles. The molecule has 1 aliphatic heterocycles. The molecule has 2 amide bonds. The zero-order valence-electron chi connectivity index (χ0n) is 14.0. The van der Waals surface area contributed by atoms with E-state index in [2.05, 4.69) is 10.3 Å². The quantitative estimate of drug-likeness (QED) is 0.822. The van der Waals surface area contributed by atoms with Crippen LogP contribution in [0.3, 0.4) is 0 Å². The summed E-state index contributed by atoms with van der Waals surface area (Å²) in [4.78, 5) is 27.3. The first-order valence-electron chi connectivity index (χ1n) is 7.70. The predicted octanol–water partition coefficient (Wildman–Crippen LogP) is 0.626. The Morgan fingerprint density at radius 2 is 2.28 bits per heavy atom. The Labute approximate surface area is 144 Å². The molecule has 2 aromatic rings. The predicted molar refractivity (Wildman–Crippen MR) is 89.7 cm³/mol. The number of pyridine rings is 1. The van der Waals surface area contributed by atoms with Crippen LogP contribution in [0.25, 0.3) is 10.8 Å². The highest BCUT2D eigenvalue weighted by molar-refractivity contribution is 6.01. The molecule has 0 radical (unpaired) electrons. The van der Waals surface area contributed by atoms with Crippen molar-refractivity contribution >= 4 is 22.6 Å². The molecular weight excluding hydrogens is 326 g/mol. The van der Waals surface area contributed by atoms with Crippen molar-refractivity contribution in [2.75, 3.05) is 26.9 Å². The lowest BCUT2D eigenvalue weighted by Crippen LogP contribution is -2.58. The maximum Gasteiger partial charge on any atom is 0.252 e. The number of benzene rings is 1. The maximum atomic E-state index is 11.6. The molecule has 132 valence electrons. The van der Waals surface area contributed by atoms with Gasteiger partial charge in [-0.05, 0) is 30.5 Å². The van der Waals surface area contributed by atoms with Gasteiger partial charge in [-0.1, -0.05) is 0 Å². The van der Waals surface area contributed by atoms with Crippen LogP contribution < -0.4 is 20.5 Å². The molecule has 0 aliphatic carbocycles. The number of carbonyl (C=O) groups excluding carboxylic acids is 2. The molecule has 3 N–H and O–H groups in total. The first-order valence-corrected chi connectivity index (χ1v) is 7.70. The van der Waals surface area contributed by atoms with Crippen molar-refractivity contribution in [3.05, 3.63) is 30.0 Å². The lowest BCUT2D eigenvalue weighted by Gasteiger charge is -2.33. The number of hydrogen-bond acceptors (Lipinski definition) is 6. The number of carbonyl (C=O) groups is 2. The summed E-state index contributed by atoms with van der Waals surface area (Å²) in [6.07, 6.45) is 1.58. The highest BCUT2D eigenvalue weighted by Gasteiger charge is 2.32. The smallest absolute Gasteiger partial charge is 0.252 e. The fourth-order valence-electron chi connectivity index (χ4n) is 2.73. The van der Waals surface area contributed by atoms with Crippen LogP contribution in [0.5, 0.6) is 11.6 Å². The van der Waals surface area contributed by atoms with Gasteiger partial charge in [0.05, 0.1) is 24.8 Å². The van der Waals surface area contributed by atoms with E-state index in [-0.39, 0.29) is 24.7 Å². The Kier molecular flexibility index (Phi) is 4.45. The minimum absolute atomic E-state index is 0.0508. The average Bonchev–Trinajstić information content (AvgIpc) is 2.58.